The lowest BCUT2D eigenvalue weighted by Crippen LogP contribution is -1.81. The van der Waals surface area contributed by atoms with Crippen LogP contribution in [0.3, 0.4) is 0 Å². The summed E-state index contributed by atoms with van der Waals surface area (Å²) in [4.78, 5) is 0. The Morgan fingerprint density at radius 1 is 1.44 bits per heavy atom. The van der Waals surface area contributed by atoms with Crippen molar-refractivity contribution < 1.29 is 0 Å². The SMILES string of the molecule is CCC(=C1CC1)C1CC1. The normalized spacial score (nSPS) is 24.3. The Hall–Kier alpha value is -0.260. The van der Waals surface area contributed by atoms with E-state index in [-0.39, 0.29) is 0 Å². The van der Waals surface area contributed by atoms with Gasteiger partial charge in [0.2, 0.25) is 0 Å². The van der Waals surface area contributed by atoms with Crippen LogP contribution in [0, 0.1) is 5.92 Å². The average molecular weight is 122 g/mol. The Morgan fingerprint density at radius 2 is 2.11 bits per heavy atom. The third-order valence-corrected chi connectivity index (χ3v) is 2.41. The maximum atomic E-state index is 2.30. The Labute approximate surface area is 57.0 Å². The molecule has 0 spiro atoms. The minimum atomic E-state index is 1.05. The minimum absolute atomic E-state index is 1.05. The topological polar surface area (TPSA) is 0 Å². The van der Waals surface area contributed by atoms with E-state index in [1.54, 1.807) is 5.57 Å². The highest BCUT2D eigenvalue weighted by molar-refractivity contribution is 5.29. The lowest BCUT2D eigenvalue weighted by Gasteiger charge is -1.97. The van der Waals surface area contributed by atoms with Gasteiger partial charge in [-0.3, -0.25) is 0 Å². The van der Waals surface area contributed by atoms with Crippen LogP contribution in [-0.2, 0) is 0 Å². The van der Waals surface area contributed by atoms with Gasteiger partial charge in [-0.1, -0.05) is 18.1 Å². The molecule has 0 aromatic carbocycles. The van der Waals surface area contributed by atoms with E-state index >= 15 is 0 Å². The predicted octanol–water partition coefficient (Wildman–Crippen LogP) is 2.90. The van der Waals surface area contributed by atoms with Gasteiger partial charge in [0.25, 0.3) is 0 Å². The van der Waals surface area contributed by atoms with Crippen molar-refractivity contribution in [2.75, 3.05) is 0 Å². The van der Waals surface area contributed by atoms with Gasteiger partial charge in [-0.15, -0.1) is 0 Å². The fourth-order valence-corrected chi connectivity index (χ4v) is 1.64. The fraction of sp³-hybridized carbons (Fsp3) is 0.778. The largest absolute Gasteiger partial charge is 0.0701 e. The molecule has 9 heavy (non-hydrogen) atoms. The highest BCUT2D eigenvalue weighted by Crippen LogP contribution is 2.45. The molecule has 2 aliphatic rings. The van der Waals surface area contributed by atoms with E-state index in [0.29, 0.717) is 0 Å². The Balaban J connectivity index is 2.09. The van der Waals surface area contributed by atoms with Crippen molar-refractivity contribution in [1.82, 2.24) is 0 Å². The highest BCUT2D eigenvalue weighted by atomic mass is 14.3. The van der Waals surface area contributed by atoms with Crippen molar-refractivity contribution in [2.45, 2.75) is 39.0 Å². The summed E-state index contributed by atoms with van der Waals surface area (Å²) in [5.41, 5.74) is 3.63. The molecule has 50 valence electrons. The number of hydrogen-bond donors (Lipinski definition) is 0. The van der Waals surface area contributed by atoms with Crippen LogP contribution in [0.5, 0.6) is 0 Å². The standard InChI is InChI=1S/C9H14/c1-2-9(7-3-4-7)8-5-6-8/h7H,2-6H2,1H3. The molecule has 0 saturated heterocycles. The van der Waals surface area contributed by atoms with Gasteiger partial charge in [-0.2, -0.15) is 0 Å². The van der Waals surface area contributed by atoms with Gasteiger partial charge >= 0.3 is 0 Å². The molecule has 2 rings (SSSR count). The molecule has 0 aliphatic heterocycles. The second-order valence-corrected chi connectivity index (χ2v) is 3.26. The third kappa shape index (κ3) is 1.03. The van der Waals surface area contributed by atoms with Crippen molar-refractivity contribution in [3.8, 4) is 0 Å². The molecule has 0 unspecified atom stereocenters. The molecule has 2 aliphatic carbocycles. The lowest BCUT2D eigenvalue weighted by atomic mass is 10.1. The van der Waals surface area contributed by atoms with Crippen LogP contribution in [0.2, 0.25) is 0 Å². The summed E-state index contributed by atoms with van der Waals surface area (Å²) in [5, 5.41) is 0. The predicted molar refractivity (Wildman–Crippen MR) is 39.3 cm³/mol. The van der Waals surface area contributed by atoms with Crippen molar-refractivity contribution in [2.24, 2.45) is 5.92 Å². The van der Waals surface area contributed by atoms with Crippen LogP contribution in [0.15, 0.2) is 11.1 Å². The molecule has 0 heterocycles. The first kappa shape index (κ1) is 5.52. The molecule has 0 aromatic rings. The molecule has 0 N–H and O–H groups in total. The molecule has 0 bridgehead atoms. The highest BCUT2D eigenvalue weighted by Gasteiger charge is 2.29. The molecular weight excluding hydrogens is 108 g/mol. The first-order valence-corrected chi connectivity index (χ1v) is 4.12. The average Bonchev–Trinajstić information content (AvgIpc) is 2.61. The van der Waals surface area contributed by atoms with Gasteiger partial charge in [-0.05, 0) is 38.0 Å². The van der Waals surface area contributed by atoms with E-state index in [4.69, 9.17) is 0 Å². The van der Waals surface area contributed by atoms with Gasteiger partial charge in [-0.25, -0.2) is 0 Å². The van der Waals surface area contributed by atoms with Gasteiger partial charge < -0.3 is 0 Å². The van der Waals surface area contributed by atoms with Crippen molar-refractivity contribution in [3.63, 3.8) is 0 Å². The number of hydrogen-bond acceptors (Lipinski definition) is 0. The Morgan fingerprint density at radius 3 is 2.44 bits per heavy atom. The summed E-state index contributed by atoms with van der Waals surface area (Å²) >= 11 is 0. The zero-order valence-corrected chi connectivity index (χ0v) is 6.11. The van der Waals surface area contributed by atoms with Gasteiger partial charge in [0, 0.05) is 0 Å². The Kier molecular flexibility index (Phi) is 1.14. The second kappa shape index (κ2) is 1.86. The van der Waals surface area contributed by atoms with E-state index in [9.17, 15) is 0 Å². The summed E-state index contributed by atoms with van der Waals surface area (Å²) in [6, 6.07) is 0. The van der Waals surface area contributed by atoms with Gasteiger partial charge in [0.05, 0.1) is 0 Å². The molecular formula is C9H14. The second-order valence-electron chi connectivity index (χ2n) is 3.26. The fourth-order valence-electron chi connectivity index (χ4n) is 1.64. The molecule has 2 fully saturated rings. The summed E-state index contributed by atoms with van der Waals surface area (Å²) in [5.74, 6) is 1.05. The van der Waals surface area contributed by atoms with Gasteiger partial charge in [0.15, 0.2) is 0 Å². The maximum Gasteiger partial charge on any atom is -0.0200 e. The molecule has 0 nitrogen and oxygen atoms in total. The van der Waals surface area contributed by atoms with Crippen LogP contribution in [-0.4, -0.2) is 0 Å². The monoisotopic (exact) mass is 122 g/mol. The number of allylic oxidation sites excluding steroid dienone is 2. The zero-order chi connectivity index (χ0) is 6.27. The van der Waals surface area contributed by atoms with Crippen LogP contribution >= 0.6 is 0 Å². The van der Waals surface area contributed by atoms with E-state index in [0.717, 1.165) is 5.92 Å². The maximum absolute atomic E-state index is 2.30. The molecule has 0 radical (unpaired) electrons. The minimum Gasteiger partial charge on any atom is -0.0701 e. The van der Waals surface area contributed by atoms with Crippen LogP contribution in [0.1, 0.15) is 39.0 Å². The zero-order valence-electron chi connectivity index (χ0n) is 6.11. The van der Waals surface area contributed by atoms with Crippen molar-refractivity contribution >= 4 is 0 Å². The smallest absolute Gasteiger partial charge is 0.0200 e. The van der Waals surface area contributed by atoms with E-state index < -0.39 is 0 Å². The molecule has 2 saturated carbocycles. The molecule has 0 heteroatoms. The first-order valence-electron chi connectivity index (χ1n) is 4.12. The van der Waals surface area contributed by atoms with E-state index in [1.165, 1.54) is 32.1 Å². The van der Waals surface area contributed by atoms with Crippen LogP contribution in [0.4, 0.5) is 0 Å². The first-order chi connectivity index (χ1) is 4.42. The lowest BCUT2D eigenvalue weighted by molar-refractivity contribution is 0.904. The number of rotatable bonds is 2. The quantitative estimate of drug-likeness (QED) is 0.494. The molecule has 0 aromatic heterocycles. The van der Waals surface area contributed by atoms with Crippen molar-refractivity contribution in [3.05, 3.63) is 11.1 Å². The van der Waals surface area contributed by atoms with E-state index in [1.807, 2.05) is 5.57 Å². The Bertz CT molecular complexity index is 143. The van der Waals surface area contributed by atoms with Gasteiger partial charge in [0.1, 0.15) is 0 Å². The summed E-state index contributed by atoms with van der Waals surface area (Å²) in [6.07, 6.45) is 7.18. The van der Waals surface area contributed by atoms with Crippen molar-refractivity contribution in [1.29, 1.82) is 0 Å². The van der Waals surface area contributed by atoms with Crippen LogP contribution < -0.4 is 0 Å². The van der Waals surface area contributed by atoms with Crippen LogP contribution in [0.25, 0.3) is 0 Å². The molecule has 0 amide bonds. The summed E-state index contributed by atoms with van der Waals surface area (Å²) < 4.78 is 0. The van der Waals surface area contributed by atoms with E-state index in [2.05, 4.69) is 6.92 Å². The molecule has 0 atom stereocenters. The third-order valence-electron chi connectivity index (χ3n) is 2.41. The summed E-state index contributed by atoms with van der Waals surface area (Å²) in [6.45, 7) is 2.30. The summed E-state index contributed by atoms with van der Waals surface area (Å²) in [7, 11) is 0.